The molecule has 2 rings (SSSR count). The van der Waals surface area contributed by atoms with E-state index in [1.54, 1.807) is 31.2 Å². The van der Waals surface area contributed by atoms with Gasteiger partial charge in [0.2, 0.25) is 0 Å². The number of benzene rings is 1. The number of aliphatic carboxylic acids is 1. The van der Waals surface area contributed by atoms with Crippen molar-refractivity contribution in [2.75, 3.05) is 6.61 Å². The Morgan fingerprint density at radius 1 is 1.27 bits per heavy atom. The van der Waals surface area contributed by atoms with Crippen LogP contribution in [0, 0.1) is 0 Å². The molecule has 1 aromatic carbocycles. The molecule has 0 saturated carbocycles. The highest BCUT2D eigenvalue weighted by atomic mass is 16.6. The van der Waals surface area contributed by atoms with Crippen molar-refractivity contribution in [1.82, 2.24) is 5.32 Å². The third-order valence-corrected chi connectivity index (χ3v) is 3.17. The smallest absolute Gasteiger partial charge is 0.338 e. The van der Waals surface area contributed by atoms with E-state index in [-0.39, 0.29) is 13.0 Å². The van der Waals surface area contributed by atoms with Crippen LogP contribution in [-0.2, 0) is 30.3 Å². The first-order chi connectivity index (χ1) is 10.5. The van der Waals surface area contributed by atoms with Gasteiger partial charge in [-0.2, -0.15) is 0 Å². The molecule has 1 aliphatic rings. The summed E-state index contributed by atoms with van der Waals surface area (Å²) in [5, 5.41) is 11.6. The molecule has 1 saturated heterocycles. The van der Waals surface area contributed by atoms with E-state index in [1.807, 2.05) is 6.07 Å². The number of carbonyl (C=O) groups excluding carboxylic acids is 2. The summed E-state index contributed by atoms with van der Waals surface area (Å²) in [6.45, 7) is 1.84. The van der Waals surface area contributed by atoms with Crippen molar-refractivity contribution in [3.63, 3.8) is 0 Å². The Morgan fingerprint density at radius 3 is 2.55 bits per heavy atom. The lowest BCUT2D eigenvalue weighted by molar-refractivity contribution is -0.144. The second-order valence-electron chi connectivity index (χ2n) is 4.82. The van der Waals surface area contributed by atoms with Gasteiger partial charge in [-0.05, 0) is 12.5 Å². The second-order valence-corrected chi connectivity index (χ2v) is 4.82. The van der Waals surface area contributed by atoms with Crippen LogP contribution in [0.1, 0.15) is 12.5 Å². The maximum absolute atomic E-state index is 11.9. The van der Waals surface area contributed by atoms with Crippen molar-refractivity contribution in [3.05, 3.63) is 35.9 Å². The minimum absolute atomic E-state index is 0.151. The largest absolute Gasteiger partial charge is 0.480 e. The summed E-state index contributed by atoms with van der Waals surface area (Å²) in [6, 6.07) is 7.86. The molecule has 3 atom stereocenters. The zero-order valence-corrected chi connectivity index (χ0v) is 12.0. The van der Waals surface area contributed by atoms with Crippen molar-refractivity contribution in [2.24, 2.45) is 0 Å². The number of nitrogens with one attached hydrogen (secondary N) is 1. The SMILES string of the molecule is CCOC(=O)C1OC1C(=O)N[C@@H](Cc1ccccc1)C(=O)O. The van der Waals surface area contributed by atoms with Crippen LogP contribution >= 0.6 is 0 Å². The molecule has 0 spiro atoms. The predicted octanol–water partition coefficient (Wildman–Crippen LogP) is 0.129. The van der Waals surface area contributed by atoms with Gasteiger partial charge in [-0.25, -0.2) is 9.59 Å². The molecule has 1 amide bonds. The monoisotopic (exact) mass is 307 g/mol. The van der Waals surface area contributed by atoms with Crippen molar-refractivity contribution < 1.29 is 29.0 Å². The topological polar surface area (TPSA) is 105 Å². The van der Waals surface area contributed by atoms with E-state index in [9.17, 15) is 19.5 Å². The molecule has 2 unspecified atom stereocenters. The van der Waals surface area contributed by atoms with Crippen LogP contribution in [0.5, 0.6) is 0 Å². The molecule has 1 aliphatic heterocycles. The van der Waals surface area contributed by atoms with Gasteiger partial charge in [-0.1, -0.05) is 30.3 Å². The summed E-state index contributed by atoms with van der Waals surface area (Å²) in [5.74, 6) is -2.38. The summed E-state index contributed by atoms with van der Waals surface area (Å²) in [5.41, 5.74) is 0.786. The number of ether oxygens (including phenoxy) is 2. The van der Waals surface area contributed by atoms with E-state index >= 15 is 0 Å². The van der Waals surface area contributed by atoms with Crippen LogP contribution in [0.15, 0.2) is 30.3 Å². The first-order valence-corrected chi connectivity index (χ1v) is 6.92. The number of carboxylic acids is 1. The molecule has 2 N–H and O–H groups in total. The number of carboxylic acid groups (broad SMARTS) is 1. The molecule has 0 aromatic heterocycles. The number of epoxide rings is 1. The normalized spacial score (nSPS) is 20.8. The van der Waals surface area contributed by atoms with Crippen molar-refractivity contribution >= 4 is 17.8 Å². The molecule has 7 nitrogen and oxygen atoms in total. The summed E-state index contributed by atoms with van der Waals surface area (Å²) < 4.78 is 9.68. The van der Waals surface area contributed by atoms with Gasteiger partial charge in [0.15, 0.2) is 12.2 Å². The Bertz CT molecular complexity index is 558. The third kappa shape index (κ3) is 4.05. The van der Waals surface area contributed by atoms with Crippen LogP contribution in [0.4, 0.5) is 0 Å². The third-order valence-electron chi connectivity index (χ3n) is 3.17. The molecule has 0 bridgehead atoms. The molecule has 1 heterocycles. The molecule has 118 valence electrons. The van der Waals surface area contributed by atoms with Gasteiger partial charge >= 0.3 is 11.9 Å². The number of hydrogen-bond donors (Lipinski definition) is 2. The quantitative estimate of drug-likeness (QED) is 0.548. The number of esters is 1. The van der Waals surface area contributed by atoms with Crippen LogP contribution in [0.3, 0.4) is 0 Å². The van der Waals surface area contributed by atoms with Gasteiger partial charge < -0.3 is 19.9 Å². The Hall–Kier alpha value is -2.41. The highest BCUT2D eigenvalue weighted by molar-refractivity contribution is 5.94. The second kappa shape index (κ2) is 7.04. The summed E-state index contributed by atoms with van der Waals surface area (Å²) in [6.07, 6.45) is -1.76. The van der Waals surface area contributed by atoms with E-state index in [1.165, 1.54) is 0 Å². The fraction of sp³-hybridized carbons (Fsp3) is 0.400. The lowest BCUT2D eigenvalue weighted by atomic mass is 10.1. The highest BCUT2D eigenvalue weighted by Gasteiger charge is 2.52. The Kier molecular flexibility index (Phi) is 5.11. The van der Waals surface area contributed by atoms with Gasteiger partial charge in [0.1, 0.15) is 6.04 Å². The van der Waals surface area contributed by atoms with Gasteiger partial charge in [0, 0.05) is 6.42 Å². The van der Waals surface area contributed by atoms with Crippen molar-refractivity contribution in [3.8, 4) is 0 Å². The molecule has 1 aromatic rings. The number of rotatable bonds is 7. The van der Waals surface area contributed by atoms with Crippen LogP contribution in [0.2, 0.25) is 0 Å². The zero-order chi connectivity index (χ0) is 16.1. The standard InChI is InChI=1S/C15H17NO6/c1-2-21-15(20)12-11(22-12)13(17)16-10(14(18)19)8-9-6-4-3-5-7-9/h3-7,10-12H,2,8H2,1H3,(H,16,17)(H,18,19)/t10-,11?,12?/m0/s1. The Balaban J connectivity index is 1.91. The summed E-state index contributed by atoms with van der Waals surface area (Å²) in [7, 11) is 0. The number of carbonyl (C=O) groups is 3. The van der Waals surface area contributed by atoms with E-state index in [4.69, 9.17) is 9.47 Å². The average Bonchev–Trinajstić information content (AvgIpc) is 3.28. The molecule has 0 radical (unpaired) electrons. The lowest BCUT2D eigenvalue weighted by Gasteiger charge is -2.13. The van der Waals surface area contributed by atoms with Gasteiger partial charge in [0.25, 0.3) is 5.91 Å². The molecule has 7 heteroatoms. The van der Waals surface area contributed by atoms with Crippen molar-refractivity contribution in [2.45, 2.75) is 31.6 Å². The minimum atomic E-state index is -1.15. The average molecular weight is 307 g/mol. The molecular formula is C15H17NO6. The molecule has 0 aliphatic carbocycles. The zero-order valence-electron chi connectivity index (χ0n) is 12.0. The maximum Gasteiger partial charge on any atom is 0.338 e. The van der Waals surface area contributed by atoms with Crippen LogP contribution in [0.25, 0.3) is 0 Å². The van der Waals surface area contributed by atoms with Gasteiger partial charge in [0.05, 0.1) is 6.61 Å². The molecular weight excluding hydrogens is 290 g/mol. The van der Waals surface area contributed by atoms with E-state index in [0.29, 0.717) is 0 Å². The van der Waals surface area contributed by atoms with Crippen molar-refractivity contribution in [1.29, 1.82) is 0 Å². The summed E-state index contributed by atoms with van der Waals surface area (Å²) in [4.78, 5) is 34.6. The molecule has 1 fully saturated rings. The summed E-state index contributed by atoms with van der Waals surface area (Å²) >= 11 is 0. The number of amides is 1. The molecule has 22 heavy (non-hydrogen) atoms. The van der Waals surface area contributed by atoms with Crippen LogP contribution in [-0.4, -0.2) is 47.8 Å². The first-order valence-electron chi connectivity index (χ1n) is 6.92. The van der Waals surface area contributed by atoms with Gasteiger partial charge in [-0.15, -0.1) is 0 Å². The predicted molar refractivity (Wildman–Crippen MR) is 75.0 cm³/mol. The highest BCUT2D eigenvalue weighted by Crippen LogP contribution is 2.23. The number of hydrogen-bond acceptors (Lipinski definition) is 5. The Labute approximate surface area is 127 Å². The minimum Gasteiger partial charge on any atom is -0.480 e. The van der Waals surface area contributed by atoms with E-state index in [2.05, 4.69) is 5.32 Å². The fourth-order valence-corrected chi connectivity index (χ4v) is 2.02. The lowest BCUT2D eigenvalue weighted by Crippen LogP contribution is -2.44. The van der Waals surface area contributed by atoms with Crippen LogP contribution < -0.4 is 5.32 Å². The fourth-order valence-electron chi connectivity index (χ4n) is 2.02. The van der Waals surface area contributed by atoms with E-state index < -0.39 is 36.1 Å². The van der Waals surface area contributed by atoms with Gasteiger partial charge in [-0.3, -0.25) is 4.79 Å². The van der Waals surface area contributed by atoms with E-state index in [0.717, 1.165) is 5.56 Å². The Morgan fingerprint density at radius 2 is 1.95 bits per heavy atom. The maximum atomic E-state index is 11.9. The first kappa shape index (κ1) is 16.0.